The standard InChI is InChI=1S/C70H46O2/c1-2-14-32-31(13-1)55-33-15-3-4-16-34(33)56(32)44-26-48-47(25-43(44)55)59-39-21-9-10-22-40(39)60(48)64-63(59)67-51-29-53-54(30-52(51)68(64)71-67)70-66-62-42-24-12-11-23-41(42)61(65(66)69(53)72-70)49-27-45-46(28-50(49)62)58-37-19-7-5-17-35(37)57(45)36-18-6-8-20-38(36)58/h1-30,55-70H. The van der Waals surface area contributed by atoms with Gasteiger partial charge in [-0.2, -0.15) is 0 Å². The third kappa shape index (κ3) is 3.83. The minimum Gasteiger partial charge on any atom is -0.365 e. The molecular weight excluding hydrogens is 873 g/mol. The van der Waals surface area contributed by atoms with E-state index in [4.69, 9.17) is 9.47 Å². The lowest BCUT2D eigenvalue weighted by atomic mass is 9.48. The van der Waals surface area contributed by atoms with Gasteiger partial charge in [-0.15, -0.1) is 0 Å². The van der Waals surface area contributed by atoms with Gasteiger partial charge in [0.1, 0.15) is 0 Å². The molecule has 0 saturated carbocycles. The molecule has 0 N–H and O–H groups in total. The van der Waals surface area contributed by atoms with Gasteiger partial charge >= 0.3 is 0 Å². The van der Waals surface area contributed by atoms with E-state index in [0.717, 1.165) is 0 Å². The van der Waals surface area contributed by atoms with Crippen LogP contribution in [-0.4, -0.2) is 0 Å². The second-order valence-corrected chi connectivity index (χ2v) is 24.0. The Bertz CT molecular complexity index is 3490. The molecule has 12 aliphatic carbocycles. The van der Waals surface area contributed by atoms with Gasteiger partial charge in [0, 0.05) is 71.0 Å². The van der Waals surface area contributed by atoms with Crippen LogP contribution in [0.25, 0.3) is 0 Å². The van der Waals surface area contributed by atoms with Crippen molar-refractivity contribution in [2.24, 2.45) is 23.7 Å². The van der Waals surface area contributed by atoms with Gasteiger partial charge in [-0.05, 0) is 146 Å². The van der Waals surface area contributed by atoms with Crippen LogP contribution in [0.15, 0.2) is 182 Å². The van der Waals surface area contributed by atoms with Crippen molar-refractivity contribution in [3.63, 3.8) is 0 Å². The second kappa shape index (κ2) is 12.0. The van der Waals surface area contributed by atoms with Crippen LogP contribution in [0.3, 0.4) is 0 Å². The monoisotopic (exact) mass is 918 g/mol. The van der Waals surface area contributed by atoms with Crippen LogP contribution in [0.5, 0.6) is 0 Å². The molecule has 16 aliphatic rings. The highest BCUT2D eigenvalue weighted by atomic mass is 16.5. The molecule has 0 radical (unpaired) electrons. The minimum atomic E-state index is 0.0788. The summed E-state index contributed by atoms with van der Waals surface area (Å²) in [6, 6.07) is 72.5. The highest BCUT2D eigenvalue weighted by Gasteiger charge is 2.67. The molecule has 2 fully saturated rings. The van der Waals surface area contributed by atoms with Crippen LogP contribution >= 0.6 is 0 Å². The first-order valence-corrected chi connectivity index (χ1v) is 27.1. The summed E-state index contributed by atoms with van der Waals surface area (Å²) in [7, 11) is 0. The highest BCUT2D eigenvalue weighted by Crippen LogP contribution is 2.77. The lowest BCUT2D eigenvalue weighted by Crippen LogP contribution is -2.44. The average Bonchev–Trinajstić information content (AvgIpc) is 4.23. The Hall–Kier alpha value is -7.10. The summed E-state index contributed by atoms with van der Waals surface area (Å²) in [5, 5.41) is 0. The average molecular weight is 919 g/mol. The summed E-state index contributed by atoms with van der Waals surface area (Å²) in [5.74, 6) is 3.92. The molecule has 12 atom stereocenters. The quantitative estimate of drug-likeness (QED) is 0.151. The summed E-state index contributed by atoms with van der Waals surface area (Å²) in [6.45, 7) is 0. The van der Waals surface area contributed by atoms with Crippen LogP contribution in [0.1, 0.15) is 205 Å². The van der Waals surface area contributed by atoms with Crippen molar-refractivity contribution in [1.29, 1.82) is 0 Å². The Morgan fingerprint density at radius 1 is 0.181 bits per heavy atom. The Kier molecular flexibility index (Phi) is 6.15. The largest absolute Gasteiger partial charge is 0.365 e. The lowest BCUT2D eigenvalue weighted by molar-refractivity contribution is 0.0494. The van der Waals surface area contributed by atoms with Crippen LogP contribution in [0.2, 0.25) is 0 Å². The van der Waals surface area contributed by atoms with Crippen molar-refractivity contribution in [3.05, 3.63) is 316 Å². The van der Waals surface area contributed by atoms with E-state index in [-0.39, 0.29) is 48.1 Å². The Balaban J connectivity index is 0.710. The number of hydrogen-bond donors (Lipinski definition) is 0. The highest BCUT2D eigenvalue weighted by molar-refractivity contribution is 5.74. The summed E-state index contributed by atoms with van der Waals surface area (Å²) in [6.07, 6.45) is 0.315. The van der Waals surface area contributed by atoms with Gasteiger partial charge in [-0.25, -0.2) is 0 Å². The summed E-state index contributed by atoms with van der Waals surface area (Å²) in [5.41, 5.74) is 36.4. The smallest absolute Gasteiger partial charge is 0.0878 e. The van der Waals surface area contributed by atoms with Crippen molar-refractivity contribution in [1.82, 2.24) is 0 Å². The van der Waals surface area contributed by atoms with Crippen molar-refractivity contribution in [2.45, 2.75) is 71.8 Å². The first-order valence-electron chi connectivity index (χ1n) is 27.1. The van der Waals surface area contributed by atoms with Gasteiger partial charge < -0.3 is 9.47 Å². The van der Waals surface area contributed by atoms with E-state index < -0.39 is 0 Å². The molecule has 2 heteroatoms. The van der Waals surface area contributed by atoms with Crippen molar-refractivity contribution in [2.75, 3.05) is 0 Å². The maximum Gasteiger partial charge on any atom is 0.0878 e. The van der Waals surface area contributed by atoms with Crippen molar-refractivity contribution >= 4 is 0 Å². The number of fused-ring (bicyclic) bond motifs is 10. The van der Waals surface area contributed by atoms with Crippen LogP contribution in [0, 0.1) is 23.7 Å². The van der Waals surface area contributed by atoms with E-state index in [1.807, 2.05) is 0 Å². The third-order valence-electron chi connectivity index (χ3n) is 21.9. The normalized spacial score (nSPS) is 34.0. The number of benzene rings is 9. The van der Waals surface area contributed by atoms with Gasteiger partial charge in [0.05, 0.1) is 24.4 Å². The van der Waals surface area contributed by atoms with Crippen LogP contribution in [0.4, 0.5) is 0 Å². The molecule has 338 valence electrons. The van der Waals surface area contributed by atoms with E-state index in [1.165, 1.54) is 89.0 Å². The molecule has 9 aromatic rings. The van der Waals surface area contributed by atoms with Gasteiger partial charge in [0.15, 0.2) is 0 Å². The molecule has 2 nitrogen and oxygen atoms in total. The Labute approximate surface area is 418 Å². The fourth-order valence-corrected chi connectivity index (χ4v) is 19.9. The SMILES string of the molecule is c1ccc2c(c1)C1c3ccccc3C2c2cc3c(cc21)C1c2ccccc2C3C2C3OC(c4cc5c(cc43)C3OC5C4C5c6ccccc6C(c6cc7c(cc65)C5c6ccccc6C7c6ccccc65)C34)C12. The molecule has 12 bridgehead atoms. The topological polar surface area (TPSA) is 18.5 Å². The van der Waals surface area contributed by atoms with Crippen molar-refractivity contribution in [3.8, 4) is 0 Å². The fraction of sp³-hybridized carbons (Fsp3) is 0.229. The number of rotatable bonds is 0. The first-order chi connectivity index (χ1) is 35.8. The summed E-state index contributed by atoms with van der Waals surface area (Å²) >= 11 is 0. The molecule has 0 spiro atoms. The zero-order valence-electron chi connectivity index (χ0n) is 39.4. The molecule has 72 heavy (non-hydrogen) atoms. The molecule has 4 aliphatic heterocycles. The molecular formula is C70H46O2. The summed E-state index contributed by atoms with van der Waals surface area (Å²) in [4.78, 5) is 0. The van der Waals surface area contributed by atoms with Crippen LogP contribution < -0.4 is 0 Å². The third-order valence-corrected chi connectivity index (χ3v) is 21.9. The van der Waals surface area contributed by atoms with Gasteiger partial charge in [0.25, 0.3) is 0 Å². The lowest BCUT2D eigenvalue weighted by Gasteiger charge is -2.53. The molecule has 0 aromatic heterocycles. The molecule has 2 saturated heterocycles. The Morgan fingerprint density at radius 2 is 0.361 bits per heavy atom. The van der Waals surface area contributed by atoms with Crippen molar-refractivity contribution < 1.29 is 9.47 Å². The number of ether oxygens (including phenoxy) is 2. The first kappa shape index (κ1) is 36.8. The van der Waals surface area contributed by atoms with Gasteiger partial charge in [-0.3, -0.25) is 0 Å². The molecule has 4 heterocycles. The van der Waals surface area contributed by atoms with E-state index in [1.54, 1.807) is 44.5 Å². The maximum atomic E-state index is 7.55. The zero-order valence-corrected chi connectivity index (χ0v) is 39.4. The zero-order chi connectivity index (χ0) is 45.7. The van der Waals surface area contributed by atoms with Crippen LogP contribution in [-0.2, 0) is 9.47 Å². The predicted molar refractivity (Wildman–Crippen MR) is 276 cm³/mol. The van der Waals surface area contributed by atoms with E-state index in [2.05, 4.69) is 182 Å². The minimum absolute atomic E-state index is 0.0788. The number of hydrogen-bond acceptors (Lipinski definition) is 2. The van der Waals surface area contributed by atoms with Gasteiger partial charge in [0.2, 0.25) is 0 Å². The van der Waals surface area contributed by atoms with E-state index in [0.29, 0.717) is 47.3 Å². The molecule has 0 amide bonds. The van der Waals surface area contributed by atoms with E-state index >= 15 is 0 Å². The molecule has 12 unspecified atom stereocenters. The van der Waals surface area contributed by atoms with E-state index in [9.17, 15) is 0 Å². The van der Waals surface area contributed by atoms with Gasteiger partial charge in [-0.1, -0.05) is 170 Å². The molecule has 25 rings (SSSR count). The molecule has 9 aromatic carbocycles. The Morgan fingerprint density at radius 3 is 0.569 bits per heavy atom. The fourth-order valence-electron chi connectivity index (χ4n) is 19.9. The maximum absolute atomic E-state index is 7.55. The predicted octanol–water partition coefficient (Wildman–Crippen LogP) is 15.0. The second-order valence-electron chi connectivity index (χ2n) is 24.0. The summed E-state index contributed by atoms with van der Waals surface area (Å²) < 4.78 is 15.1.